The molecular weight excluding hydrogens is 401 g/mol. The van der Waals surface area contributed by atoms with Gasteiger partial charge in [-0.15, -0.1) is 0 Å². The van der Waals surface area contributed by atoms with Crippen molar-refractivity contribution in [2.24, 2.45) is 0 Å². The average Bonchev–Trinajstić information content (AvgIpc) is 2.94. The molecule has 1 aliphatic heterocycles. The fourth-order valence-corrected chi connectivity index (χ4v) is 4.41. The molecule has 0 unspecified atom stereocenters. The SMILES string of the molecule is CCN1C(=CC(=O)Nc2cccc(C(F)(F)F)c2)C(C)(C)c2c1ccc1ccccc21. The molecule has 1 amide bonds. The molecule has 3 nitrogen and oxygen atoms in total. The molecule has 0 radical (unpaired) electrons. The van der Waals surface area contributed by atoms with Gasteiger partial charge in [-0.2, -0.15) is 13.2 Å². The number of rotatable bonds is 3. The quantitative estimate of drug-likeness (QED) is 0.487. The summed E-state index contributed by atoms with van der Waals surface area (Å²) >= 11 is 0. The van der Waals surface area contributed by atoms with Gasteiger partial charge in [0.1, 0.15) is 0 Å². The number of anilines is 2. The summed E-state index contributed by atoms with van der Waals surface area (Å²) in [5.74, 6) is -0.460. The van der Waals surface area contributed by atoms with E-state index in [0.29, 0.717) is 6.54 Å². The number of carbonyl (C=O) groups excluding carboxylic acids is 1. The second-order valence-corrected chi connectivity index (χ2v) is 8.15. The lowest BCUT2D eigenvalue weighted by atomic mass is 9.81. The Balaban J connectivity index is 1.72. The third-order valence-electron chi connectivity index (χ3n) is 5.80. The fourth-order valence-electron chi connectivity index (χ4n) is 4.41. The number of benzene rings is 3. The summed E-state index contributed by atoms with van der Waals surface area (Å²) in [6, 6.07) is 16.9. The topological polar surface area (TPSA) is 32.3 Å². The molecule has 3 aromatic rings. The van der Waals surface area contributed by atoms with Crippen LogP contribution in [0, 0.1) is 0 Å². The number of hydrogen-bond donors (Lipinski definition) is 1. The van der Waals surface area contributed by atoms with Crippen molar-refractivity contribution in [3.05, 3.63) is 83.6 Å². The first kappa shape index (κ1) is 21.0. The number of amides is 1. The summed E-state index contributed by atoms with van der Waals surface area (Å²) in [5.41, 5.74) is 1.87. The number of alkyl halides is 3. The minimum absolute atomic E-state index is 0.110. The van der Waals surface area contributed by atoms with Gasteiger partial charge in [-0.3, -0.25) is 4.79 Å². The van der Waals surface area contributed by atoms with Gasteiger partial charge in [-0.1, -0.05) is 50.2 Å². The van der Waals surface area contributed by atoms with Crippen molar-refractivity contribution in [2.45, 2.75) is 32.4 Å². The Bertz CT molecular complexity index is 1190. The molecule has 4 rings (SSSR count). The van der Waals surface area contributed by atoms with Crippen molar-refractivity contribution < 1.29 is 18.0 Å². The van der Waals surface area contributed by atoms with Crippen LogP contribution in [0.15, 0.2) is 72.4 Å². The van der Waals surface area contributed by atoms with Crippen molar-refractivity contribution >= 4 is 28.1 Å². The third kappa shape index (κ3) is 3.67. The Morgan fingerprint density at radius 3 is 2.52 bits per heavy atom. The molecule has 0 atom stereocenters. The fraction of sp³-hybridized carbons (Fsp3) is 0.240. The molecule has 1 heterocycles. The van der Waals surface area contributed by atoms with E-state index in [1.54, 1.807) is 0 Å². The molecule has 0 aromatic heterocycles. The molecule has 160 valence electrons. The van der Waals surface area contributed by atoms with Crippen LogP contribution < -0.4 is 10.2 Å². The van der Waals surface area contributed by atoms with Gasteiger partial charge in [-0.25, -0.2) is 0 Å². The van der Waals surface area contributed by atoms with E-state index < -0.39 is 23.1 Å². The van der Waals surface area contributed by atoms with Crippen LogP contribution in [-0.2, 0) is 16.4 Å². The van der Waals surface area contributed by atoms with Crippen molar-refractivity contribution in [1.29, 1.82) is 0 Å². The van der Waals surface area contributed by atoms with Crippen LogP contribution in [0.1, 0.15) is 31.9 Å². The lowest BCUT2D eigenvalue weighted by Gasteiger charge is -2.26. The number of nitrogens with one attached hydrogen (secondary N) is 1. The molecule has 1 aliphatic rings. The highest BCUT2D eigenvalue weighted by atomic mass is 19.4. The van der Waals surface area contributed by atoms with E-state index in [9.17, 15) is 18.0 Å². The second-order valence-electron chi connectivity index (χ2n) is 8.15. The van der Waals surface area contributed by atoms with Crippen molar-refractivity contribution in [3.8, 4) is 0 Å². The van der Waals surface area contributed by atoms with Gasteiger partial charge >= 0.3 is 6.18 Å². The Morgan fingerprint density at radius 1 is 1.06 bits per heavy atom. The Hall–Kier alpha value is -3.28. The molecule has 0 saturated heterocycles. The van der Waals surface area contributed by atoms with E-state index in [2.05, 4.69) is 48.3 Å². The van der Waals surface area contributed by atoms with Gasteiger partial charge in [0.2, 0.25) is 5.91 Å². The first-order valence-electron chi connectivity index (χ1n) is 10.1. The predicted octanol–water partition coefficient (Wildman–Crippen LogP) is 6.50. The van der Waals surface area contributed by atoms with Gasteiger partial charge in [0.05, 0.1) is 5.56 Å². The third-order valence-corrected chi connectivity index (χ3v) is 5.80. The number of fused-ring (bicyclic) bond motifs is 3. The monoisotopic (exact) mass is 424 g/mol. The normalized spacial score (nSPS) is 16.6. The number of halogens is 3. The molecular formula is C25H23F3N2O. The highest BCUT2D eigenvalue weighted by molar-refractivity contribution is 6.02. The molecule has 31 heavy (non-hydrogen) atoms. The van der Waals surface area contributed by atoms with Crippen LogP contribution in [0.4, 0.5) is 24.5 Å². The van der Waals surface area contributed by atoms with E-state index in [0.717, 1.165) is 39.9 Å². The smallest absolute Gasteiger partial charge is 0.344 e. The Kier molecular flexibility index (Phi) is 5.04. The molecule has 6 heteroatoms. The van der Waals surface area contributed by atoms with E-state index >= 15 is 0 Å². The van der Waals surface area contributed by atoms with Crippen LogP contribution in [0.3, 0.4) is 0 Å². The van der Waals surface area contributed by atoms with Gasteiger partial charge in [0.15, 0.2) is 0 Å². The maximum atomic E-state index is 13.0. The lowest BCUT2D eigenvalue weighted by Crippen LogP contribution is -2.28. The zero-order chi connectivity index (χ0) is 22.4. The molecule has 1 N–H and O–H groups in total. The number of nitrogens with zero attached hydrogens (tertiary/aromatic N) is 1. The summed E-state index contributed by atoms with van der Waals surface area (Å²) in [5, 5.41) is 4.84. The van der Waals surface area contributed by atoms with E-state index in [4.69, 9.17) is 0 Å². The molecule has 0 aliphatic carbocycles. The summed E-state index contributed by atoms with van der Waals surface area (Å²) in [6.45, 7) is 6.81. The van der Waals surface area contributed by atoms with Crippen molar-refractivity contribution in [1.82, 2.24) is 0 Å². The van der Waals surface area contributed by atoms with Gasteiger partial charge in [0.25, 0.3) is 0 Å². The minimum atomic E-state index is -4.46. The van der Waals surface area contributed by atoms with Crippen molar-refractivity contribution in [2.75, 3.05) is 16.8 Å². The Labute approximate surface area is 179 Å². The van der Waals surface area contributed by atoms with E-state index in [1.807, 2.05) is 19.1 Å². The summed E-state index contributed by atoms with van der Waals surface area (Å²) in [7, 11) is 0. The standard InChI is InChI=1S/C25H23F3N2O/c1-4-30-20-13-12-16-8-5-6-11-19(16)23(20)24(2,3)21(30)15-22(31)29-18-10-7-9-17(14-18)25(26,27)28/h5-15H,4H2,1-3H3,(H,29,31). The minimum Gasteiger partial charge on any atom is -0.344 e. The zero-order valence-electron chi connectivity index (χ0n) is 17.5. The molecule has 0 spiro atoms. The van der Waals surface area contributed by atoms with Gasteiger partial charge in [-0.05, 0) is 47.5 Å². The summed E-state index contributed by atoms with van der Waals surface area (Å²) in [4.78, 5) is 14.9. The molecule has 0 fully saturated rings. The maximum absolute atomic E-state index is 13.0. The van der Waals surface area contributed by atoms with Crippen LogP contribution >= 0.6 is 0 Å². The average molecular weight is 424 g/mol. The summed E-state index contributed by atoms with van der Waals surface area (Å²) in [6.07, 6.45) is -2.97. The van der Waals surface area contributed by atoms with Crippen LogP contribution in [0.25, 0.3) is 10.8 Å². The van der Waals surface area contributed by atoms with Crippen LogP contribution in [-0.4, -0.2) is 12.5 Å². The summed E-state index contributed by atoms with van der Waals surface area (Å²) < 4.78 is 38.9. The molecule has 3 aromatic carbocycles. The number of allylic oxidation sites excluding steroid dienone is 1. The highest BCUT2D eigenvalue weighted by Crippen LogP contribution is 2.50. The van der Waals surface area contributed by atoms with Crippen LogP contribution in [0.5, 0.6) is 0 Å². The first-order valence-corrected chi connectivity index (χ1v) is 10.1. The lowest BCUT2D eigenvalue weighted by molar-refractivity contribution is -0.137. The van der Waals surface area contributed by atoms with E-state index in [1.165, 1.54) is 18.2 Å². The molecule has 0 bridgehead atoms. The Morgan fingerprint density at radius 2 is 1.81 bits per heavy atom. The van der Waals surface area contributed by atoms with Gasteiger partial charge < -0.3 is 10.2 Å². The van der Waals surface area contributed by atoms with Gasteiger partial charge in [0, 0.05) is 35.1 Å². The van der Waals surface area contributed by atoms with Crippen molar-refractivity contribution in [3.63, 3.8) is 0 Å². The predicted molar refractivity (Wildman–Crippen MR) is 118 cm³/mol. The van der Waals surface area contributed by atoms with Crippen LogP contribution in [0.2, 0.25) is 0 Å². The number of hydrogen-bond acceptors (Lipinski definition) is 2. The van der Waals surface area contributed by atoms with E-state index in [-0.39, 0.29) is 5.69 Å². The largest absolute Gasteiger partial charge is 0.416 e. The highest BCUT2D eigenvalue weighted by Gasteiger charge is 2.41. The first-order chi connectivity index (χ1) is 14.6. The zero-order valence-corrected chi connectivity index (χ0v) is 17.5. The number of carbonyl (C=O) groups is 1. The maximum Gasteiger partial charge on any atom is 0.416 e. The molecule has 0 saturated carbocycles. The number of likely N-dealkylation sites (N-methyl/N-ethyl adjacent to an activating group) is 1. The second kappa shape index (κ2) is 7.45.